The first kappa shape index (κ1) is 11.7. The number of nitrogens with one attached hydrogen (secondary N) is 1. The Hall–Kier alpha value is -0.810. The van der Waals surface area contributed by atoms with Gasteiger partial charge in [0.15, 0.2) is 0 Å². The highest BCUT2D eigenvalue weighted by Crippen LogP contribution is 2.19. The first-order chi connectivity index (χ1) is 7.48. The van der Waals surface area contributed by atoms with Crippen molar-refractivity contribution in [3.63, 3.8) is 0 Å². The molecule has 1 N–H and O–H groups in total. The van der Waals surface area contributed by atoms with Crippen LogP contribution in [0.1, 0.15) is 24.3 Å². The summed E-state index contributed by atoms with van der Waals surface area (Å²) in [6.45, 7) is 5.87. The van der Waals surface area contributed by atoms with E-state index in [1.807, 2.05) is 18.7 Å². The fourth-order valence-corrected chi connectivity index (χ4v) is 2.19. The zero-order valence-corrected chi connectivity index (χ0v) is 11.0. The Balaban J connectivity index is 2.10. The Morgan fingerprint density at radius 3 is 2.94 bits per heavy atom. The van der Waals surface area contributed by atoms with E-state index in [1.165, 1.54) is 0 Å². The van der Waals surface area contributed by atoms with Crippen LogP contribution < -0.4 is 0 Å². The first-order valence-electron chi connectivity index (χ1n) is 5.25. The zero-order valence-electron chi connectivity index (χ0n) is 9.42. The minimum Gasteiger partial charge on any atom is -0.372 e. The molecule has 1 aliphatic heterocycles. The maximum atomic E-state index is 12.1. The average Bonchev–Trinajstić information content (AvgIpc) is 2.62. The Morgan fingerprint density at radius 2 is 2.38 bits per heavy atom. The molecule has 0 aliphatic carbocycles. The Morgan fingerprint density at radius 1 is 1.62 bits per heavy atom. The summed E-state index contributed by atoms with van der Waals surface area (Å²) in [4.78, 5) is 16.9. The van der Waals surface area contributed by atoms with Crippen LogP contribution in [0.4, 0.5) is 0 Å². The third-order valence-corrected chi connectivity index (χ3v) is 3.05. The van der Waals surface area contributed by atoms with Crippen LogP contribution in [-0.2, 0) is 4.74 Å². The van der Waals surface area contributed by atoms with Gasteiger partial charge in [0.2, 0.25) is 0 Å². The second kappa shape index (κ2) is 4.22. The van der Waals surface area contributed by atoms with Crippen molar-refractivity contribution in [2.24, 2.45) is 0 Å². The van der Waals surface area contributed by atoms with E-state index in [-0.39, 0.29) is 11.5 Å². The number of nitrogens with zero attached hydrogens (tertiary/aromatic N) is 1. The van der Waals surface area contributed by atoms with Crippen LogP contribution in [0.5, 0.6) is 0 Å². The van der Waals surface area contributed by atoms with Crippen molar-refractivity contribution in [1.82, 2.24) is 9.88 Å². The van der Waals surface area contributed by atoms with Crippen LogP contribution in [0, 0.1) is 0 Å². The number of rotatable bonds is 1. The number of halogens is 1. The number of carbonyl (C=O) groups excluding carboxylic acids is 1. The molecule has 2 heterocycles. The first-order valence-corrected chi connectivity index (χ1v) is 6.04. The van der Waals surface area contributed by atoms with Crippen molar-refractivity contribution < 1.29 is 9.53 Å². The lowest BCUT2D eigenvalue weighted by Gasteiger charge is -2.37. The molecule has 5 heteroatoms. The molecule has 0 aromatic carbocycles. The maximum Gasteiger partial charge on any atom is 0.270 e. The second-order valence-corrected chi connectivity index (χ2v) is 5.48. The van der Waals surface area contributed by atoms with Crippen molar-refractivity contribution in [3.8, 4) is 0 Å². The van der Waals surface area contributed by atoms with Gasteiger partial charge in [0.05, 0.1) is 12.2 Å². The largest absolute Gasteiger partial charge is 0.372 e. The lowest BCUT2D eigenvalue weighted by molar-refractivity contribution is -0.0764. The molecule has 1 aromatic heterocycles. The summed E-state index contributed by atoms with van der Waals surface area (Å²) in [6, 6.07) is 1.80. The molecule has 16 heavy (non-hydrogen) atoms. The van der Waals surface area contributed by atoms with E-state index < -0.39 is 0 Å². The number of aromatic amines is 1. The van der Waals surface area contributed by atoms with Crippen molar-refractivity contribution in [2.45, 2.75) is 19.4 Å². The Bertz CT molecular complexity index is 400. The standard InChI is InChI=1S/C11H15BrN2O2/c1-11(2)7-14(3-4-16-11)10(15)9-5-8(12)6-13-9/h5-6,13H,3-4,7H2,1-2H3. The van der Waals surface area contributed by atoms with Crippen LogP contribution in [-0.4, -0.2) is 41.1 Å². The average molecular weight is 287 g/mol. The van der Waals surface area contributed by atoms with E-state index >= 15 is 0 Å². The van der Waals surface area contributed by atoms with Crippen LogP contribution in [0.3, 0.4) is 0 Å². The quantitative estimate of drug-likeness (QED) is 0.859. The Labute approximate surface area is 103 Å². The summed E-state index contributed by atoms with van der Waals surface area (Å²) in [5.74, 6) is 0.0297. The molecule has 0 spiro atoms. The monoisotopic (exact) mass is 286 g/mol. The smallest absolute Gasteiger partial charge is 0.270 e. The van der Waals surface area contributed by atoms with Gasteiger partial charge in [0, 0.05) is 23.8 Å². The molecule has 0 bridgehead atoms. The number of hydrogen-bond donors (Lipinski definition) is 1. The molecule has 0 saturated carbocycles. The lowest BCUT2D eigenvalue weighted by atomic mass is 10.1. The SMILES string of the molecule is CC1(C)CN(C(=O)c2cc(Br)c[nH]2)CCO1. The minimum atomic E-state index is -0.252. The molecule has 0 atom stereocenters. The molecule has 1 aromatic rings. The fourth-order valence-electron chi connectivity index (χ4n) is 1.85. The summed E-state index contributed by atoms with van der Waals surface area (Å²) in [5, 5.41) is 0. The highest BCUT2D eigenvalue weighted by atomic mass is 79.9. The molecular formula is C11H15BrN2O2. The molecule has 1 aliphatic rings. The van der Waals surface area contributed by atoms with Gasteiger partial charge in [-0.2, -0.15) is 0 Å². The van der Waals surface area contributed by atoms with Gasteiger partial charge in [0.1, 0.15) is 5.69 Å². The van der Waals surface area contributed by atoms with Gasteiger partial charge in [-0.25, -0.2) is 0 Å². The number of morpholine rings is 1. The number of amides is 1. The summed E-state index contributed by atoms with van der Waals surface area (Å²) >= 11 is 3.32. The van der Waals surface area contributed by atoms with Crippen LogP contribution in [0.15, 0.2) is 16.7 Å². The van der Waals surface area contributed by atoms with E-state index in [2.05, 4.69) is 20.9 Å². The lowest BCUT2D eigenvalue weighted by Crippen LogP contribution is -2.50. The highest BCUT2D eigenvalue weighted by molar-refractivity contribution is 9.10. The van der Waals surface area contributed by atoms with Gasteiger partial charge in [-0.15, -0.1) is 0 Å². The zero-order chi connectivity index (χ0) is 11.8. The molecular weight excluding hydrogens is 272 g/mol. The highest BCUT2D eigenvalue weighted by Gasteiger charge is 2.30. The van der Waals surface area contributed by atoms with Gasteiger partial charge < -0.3 is 14.6 Å². The van der Waals surface area contributed by atoms with Crippen LogP contribution >= 0.6 is 15.9 Å². The van der Waals surface area contributed by atoms with Gasteiger partial charge in [-0.05, 0) is 35.8 Å². The summed E-state index contributed by atoms with van der Waals surface area (Å²) in [5.41, 5.74) is 0.363. The minimum absolute atomic E-state index is 0.0297. The summed E-state index contributed by atoms with van der Waals surface area (Å²) in [7, 11) is 0. The van der Waals surface area contributed by atoms with Crippen LogP contribution in [0.25, 0.3) is 0 Å². The topological polar surface area (TPSA) is 45.3 Å². The van der Waals surface area contributed by atoms with Crippen molar-refractivity contribution >= 4 is 21.8 Å². The number of ether oxygens (including phenoxy) is 1. The van der Waals surface area contributed by atoms with E-state index in [0.29, 0.717) is 25.4 Å². The third-order valence-electron chi connectivity index (χ3n) is 2.59. The molecule has 0 radical (unpaired) electrons. The summed E-state index contributed by atoms with van der Waals surface area (Å²) < 4.78 is 6.47. The number of carbonyl (C=O) groups is 1. The predicted octanol–water partition coefficient (Wildman–Crippen LogP) is 2.03. The van der Waals surface area contributed by atoms with E-state index in [0.717, 1.165) is 4.47 Å². The second-order valence-electron chi connectivity index (χ2n) is 4.57. The number of hydrogen-bond acceptors (Lipinski definition) is 2. The molecule has 2 rings (SSSR count). The molecule has 88 valence electrons. The van der Waals surface area contributed by atoms with E-state index in [9.17, 15) is 4.79 Å². The van der Waals surface area contributed by atoms with Crippen molar-refractivity contribution in [3.05, 3.63) is 22.4 Å². The number of H-pyrrole nitrogens is 1. The van der Waals surface area contributed by atoms with Gasteiger partial charge in [-0.3, -0.25) is 4.79 Å². The molecule has 4 nitrogen and oxygen atoms in total. The predicted molar refractivity (Wildman–Crippen MR) is 64.4 cm³/mol. The Kier molecular flexibility index (Phi) is 3.08. The molecule has 0 unspecified atom stereocenters. The summed E-state index contributed by atoms with van der Waals surface area (Å²) in [6.07, 6.45) is 1.76. The van der Waals surface area contributed by atoms with Gasteiger partial charge in [0.25, 0.3) is 5.91 Å². The van der Waals surface area contributed by atoms with Crippen molar-refractivity contribution in [2.75, 3.05) is 19.7 Å². The third kappa shape index (κ3) is 2.47. The number of aromatic nitrogens is 1. The molecule has 1 amide bonds. The van der Waals surface area contributed by atoms with Gasteiger partial charge >= 0.3 is 0 Å². The fraction of sp³-hybridized carbons (Fsp3) is 0.545. The van der Waals surface area contributed by atoms with E-state index in [1.54, 1.807) is 12.3 Å². The molecule has 1 saturated heterocycles. The van der Waals surface area contributed by atoms with Gasteiger partial charge in [-0.1, -0.05) is 0 Å². The molecule has 1 fully saturated rings. The maximum absolute atomic E-state index is 12.1. The van der Waals surface area contributed by atoms with Crippen molar-refractivity contribution in [1.29, 1.82) is 0 Å². The van der Waals surface area contributed by atoms with Crippen LogP contribution in [0.2, 0.25) is 0 Å². The van der Waals surface area contributed by atoms with E-state index in [4.69, 9.17) is 4.74 Å². The normalized spacial score (nSPS) is 19.8.